The Hall–Kier alpha value is -2.13. The standard InChI is InChI=1S/C21H26N2O/c1-21(2,17-12-8-5-9-13-17)20(24)23(3)19-15-22-14-18(19)16-10-6-4-7-11-16/h4-13,18-19,22H,14-15H2,1-3H3/t18-,19+/m0/s1. The second kappa shape index (κ2) is 6.78. The molecule has 0 aliphatic carbocycles. The molecule has 0 unspecified atom stereocenters. The summed E-state index contributed by atoms with van der Waals surface area (Å²) in [7, 11) is 1.95. The molecule has 2 aromatic rings. The Bertz CT molecular complexity index is 681. The van der Waals surface area contributed by atoms with E-state index in [0.717, 1.165) is 18.7 Å². The molecule has 2 atom stereocenters. The molecule has 0 aromatic heterocycles. The Kier molecular flexibility index (Phi) is 4.72. The molecule has 3 rings (SSSR count). The number of hydrogen-bond donors (Lipinski definition) is 1. The highest BCUT2D eigenvalue weighted by Gasteiger charge is 2.39. The summed E-state index contributed by atoms with van der Waals surface area (Å²) in [5.74, 6) is 0.509. The van der Waals surface area contributed by atoms with Crippen molar-refractivity contribution in [3.8, 4) is 0 Å². The highest BCUT2D eigenvalue weighted by atomic mass is 16.2. The van der Waals surface area contributed by atoms with Crippen molar-refractivity contribution in [3.63, 3.8) is 0 Å². The predicted octanol–water partition coefficient (Wildman–Crippen LogP) is 3.18. The van der Waals surface area contributed by atoms with E-state index < -0.39 is 5.41 Å². The molecule has 1 aliphatic heterocycles. The molecule has 0 saturated carbocycles. The highest BCUT2D eigenvalue weighted by Crippen LogP contribution is 2.31. The van der Waals surface area contributed by atoms with Crippen LogP contribution in [0.15, 0.2) is 60.7 Å². The van der Waals surface area contributed by atoms with Crippen LogP contribution in [-0.2, 0) is 10.2 Å². The molecule has 1 aliphatic rings. The molecule has 24 heavy (non-hydrogen) atoms. The van der Waals surface area contributed by atoms with Crippen LogP contribution in [0.25, 0.3) is 0 Å². The smallest absolute Gasteiger partial charge is 0.232 e. The maximum atomic E-state index is 13.2. The lowest BCUT2D eigenvalue weighted by Gasteiger charge is -2.35. The summed E-state index contributed by atoms with van der Waals surface area (Å²) in [5.41, 5.74) is 1.83. The summed E-state index contributed by atoms with van der Waals surface area (Å²) < 4.78 is 0. The molecule has 1 amide bonds. The van der Waals surface area contributed by atoms with Gasteiger partial charge in [-0.3, -0.25) is 4.79 Å². The second-order valence-electron chi connectivity index (χ2n) is 7.15. The van der Waals surface area contributed by atoms with Crippen LogP contribution in [0.4, 0.5) is 0 Å². The minimum atomic E-state index is -0.528. The Morgan fingerprint density at radius 1 is 1.00 bits per heavy atom. The van der Waals surface area contributed by atoms with Crippen molar-refractivity contribution in [1.29, 1.82) is 0 Å². The van der Waals surface area contributed by atoms with Crippen LogP contribution in [0.3, 0.4) is 0 Å². The summed E-state index contributed by atoms with van der Waals surface area (Å²) in [6.07, 6.45) is 0. The van der Waals surface area contributed by atoms with E-state index in [4.69, 9.17) is 0 Å². The van der Waals surface area contributed by atoms with Gasteiger partial charge < -0.3 is 10.2 Å². The number of likely N-dealkylation sites (N-methyl/N-ethyl adjacent to an activating group) is 1. The van der Waals surface area contributed by atoms with E-state index in [-0.39, 0.29) is 11.9 Å². The first-order valence-electron chi connectivity index (χ1n) is 8.60. The molecule has 3 nitrogen and oxygen atoms in total. The molecule has 1 N–H and O–H groups in total. The van der Waals surface area contributed by atoms with Gasteiger partial charge in [0.15, 0.2) is 0 Å². The van der Waals surface area contributed by atoms with Crippen molar-refractivity contribution in [2.45, 2.75) is 31.2 Å². The van der Waals surface area contributed by atoms with E-state index in [0.29, 0.717) is 5.92 Å². The third kappa shape index (κ3) is 3.09. The van der Waals surface area contributed by atoms with Gasteiger partial charge in [-0.1, -0.05) is 60.7 Å². The summed E-state index contributed by atoms with van der Waals surface area (Å²) in [6, 6.07) is 20.7. The van der Waals surface area contributed by atoms with E-state index in [2.05, 4.69) is 29.6 Å². The highest BCUT2D eigenvalue weighted by molar-refractivity contribution is 5.87. The fourth-order valence-corrected chi connectivity index (χ4v) is 3.68. The molecule has 126 valence electrons. The molecule has 2 aromatic carbocycles. The fraction of sp³-hybridized carbons (Fsp3) is 0.381. The van der Waals surface area contributed by atoms with E-state index >= 15 is 0 Å². The van der Waals surface area contributed by atoms with Crippen LogP contribution in [-0.4, -0.2) is 37.0 Å². The van der Waals surface area contributed by atoms with Gasteiger partial charge in [-0.15, -0.1) is 0 Å². The zero-order chi connectivity index (χ0) is 17.2. The van der Waals surface area contributed by atoms with Gasteiger partial charge in [-0.2, -0.15) is 0 Å². The minimum Gasteiger partial charge on any atom is -0.340 e. The topological polar surface area (TPSA) is 32.3 Å². The number of nitrogens with zero attached hydrogens (tertiary/aromatic N) is 1. The number of nitrogens with one attached hydrogen (secondary N) is 1. The number of rotatable bonds is 4. The van der Waals surface area contributed by atoms with Crippen LogP contribution in [0.5, 0.6) is 0 Å². The van der Waals surface area contributed by atoms with Gasteiger partial charge in [-0.05, 0) is 25.0 Å². The van der Waals surface area contributed by atoms with Crippen molar-refractivity contribution in [1.82, 2.24) is 10.2 Å². The van der Waals surface area contributed by atoms with E-state index in [9.17, 15) is 4.79 Å². The number of benzene rings is 2. The lowest BCUT2D eigenvalue weighted by atomic mass is 9.82. The van der Waals surface area contributed by atoms with Gasteiger partial charge in [0.05, 0.1) is 11.5 Å². The third-order valence-electron chi connectivity index (χ3n) is 5.26. The quantitative estimate of drug-likeness (QED) is 0.938. The lowest BCUT2D eigenvalue weighted by molar-refractivity contribution is -0.137. The van der Waals surface area contributed by atoms with Crippen LogP contribution >= 0.6 is 0 Å². The summed E-state index contributed by atoms with van der Waals surface area (Å²) in [6.45, 7) is 5.78. The van der Waals surface area contributed by atoms with Gasteiger partial charge >= 0.3 is 0 Å². The normalized spacial score (nSPS) is 20.8. The SMILES string of the molecule is CN(C(=O)C(C)(C)c1ccccc1)[C@@H]1CNC[C@H]1c1ccccc1. The first kappa shape index (κ1) is 16.7. The second-order valence-corrected chi connectivity index (χ2v) is 7.15. The number of hydrogen-bond acceptors (Lipinski definition) is 2. The van der Waals surface area contributed by atoms with Crippen LogP contribution in [0, 0.1) is 0 Å². The molecule has 0 radical (unpaired) electrons. The minimum absolute atomic E-state index is 0.170. The van der Waals surface area contributed by atoms with Crippen molar-refractivity contribution < 1.29 is 4.79 Å². The monoisotopic (exact) mass is 322 g/mol. The van der Waals surface area contributed by atoms with Crippen molar-refractivity contribution >= 4 is 5.91 Å². The van der Waals surface area contributed by atoms with Gasteiger partial charge in [0, 0.05) is 26.1 Å². The van der Waals surface area contributed by atoms with Crippen LogP contribution < -0.4 is 5.32 Å². The Morgan fingerprint density at radius 3 is 2.21 bits per heavy atom. The van der Waals surface area contributed by atoms with E-state index in [1.807, 2.05) is 62.2 Å². The molecule has 3 heteroatoms. The van der Waals surface area contributed by atoms with E-state index in [1.165, 1.54) is 5.56 Å². The summed E-state index contributed by atoms with van der Waals surface area (Å²) in [5, 5.41) is 3.45. The van der Waals surface area contributed by atoms with Crippen molar-refractivity contribution in [3.05, 3.63) is 71.8 Å². The maximum absolute atomic E-state index is 13.2. The molecular formula is C21H26N2O. The third-order valence-corrected chi connectivity index (χ3v) is 5.26. The number of amides is 1. The fourth-order valence-electron chi connectivity index (χ4n) is 3.68. The van der Waals surface area contributed by atoms with Crippen molar-refractivity contribution in [2.24, 2.45) is 0 Å². The zero-order valence-corrected chi connectivity index (χ0v) is 14.7. The first-order chi connectivity index (χ1) is 11.5. The molecular weight excluding hydrogens is 296 g/mol. The maximum Gasteiger partial charge on any atom is 0.232 e. The Morgan fingerprint density at radius 2 is 1.58 bits per heavy atom. The average molecular weight is 322 g/mol. The number of carbonyl (C=O) groups is 1. The van der Waals surface area contributed by atoms with Gasteiger partial charge in [-0.25, -0.2) is 0 Å². The zero-order valence-electron chi connectivity index (χ0n) is 14.7. The van der Waals surface area contributed by atoms with Crippen molar-refractivity contribution in [2.75, 3.05) is 20.1 Å². The summed E-state index contributed by atoms with van der Waals surface area (Å²) in [4.78, 5) is 15.2. The van der Waals surface area contributed by atoms with Gasteiger partial charge in [0.2, 0.25) is 5.91 Å². The molecule has 1 fully saturated rings. The van der Waals surface area contributed by atoms with E-state index in [1.54, 1.807) is 0 Å². The van der Waals surface area contributed by atoms with Gasteiger partial charge in [0.25, 0.3) is 0 Å². The van der Waals surface area contributed by atoms with Crippen LogP contribution in [0.1, 0.15) is 30.9 Å². The molecule has 1 heterocycles. The Labute approximate surface area is 144 Å². The Balaban J connectivity index is 1.82. The van der Waals surface area contributed by atoms with Gasteiger partial charge in [0.1, 0.15) is 0 Å². The summed E-state index contributed by atoms with van der Waals surface area (Å²) >= 11 is 0. The molecule has 0 spiro atoms. The first-order valence-corrected chi connectivity index (χ1v) is 8.60. The molecule has 1 saturated heterocycles. The lowest BCUT2D eigenvalue weighted by Crippen LogP contribution is -2.48. The molecule has 0 bridgehead atoms. The predicted molar refractivity (Wildman–Crippen MR) is 98.1 cm³/mol. The average Bonchev–Trinajstić information content (AvgIpc) is 3.11. The largest absolute Gasteiger partial charge is 0.340 e. The number of carbonyl (C=O) groups excluding carboxylic acids is 1. The van der Waals surface area contributed by atoms with Crippen LogP contribution in [0.2, 0.25) is 0 Å².